The molecule has 1 rings (SSSR count). The standard InChI is InChI=1S/C9H9BrFN/c1-3-7-8(10)4-6(11)5-9(7)12-2/h3-5,12H,1H2,2H3. The highest BCUT2D eigenvalue weighted by Gasteiger charge is 2.04. The Kier molecular flexibility index (Phi) is 2.87. The van der Waals surface area contributed by atoms with Gasteiger partial charge in [0.15, 0.2) is 0 Å². The Labute approximate surface area is 79.4 Å². The van der Waals surface area contributed by atoms with Crippen molar-refractivity contribution in [2.24, 2.45) is 0 Å². The second kappa shape index (κ2) is 3.72. The van der Waals surface area contributed by atoms with Gasteiger partial charge in [-0.2, -0.15) is 0 Å². The van der Waals surface area contributed by atoms with E-state index in [9.17, 15) is 4.39 Å². The first kappa shape index (κ1) is 9.26. The molecule has 0 aliphatic heterocycles. The van der Waals surface area contributed by atoms with E-state index in [0.29, 0.717) is 4.47 Å². The summed E-state index contributed by atoms with van der Waals surface area (Å²) in [4.78, 5) is 0. The molecule has 0 heterocycles. The lowest BCUT2D eigenvalue weighted by molar-refractivity contribution is 0.627. The molecule has 0 fully saturated rings. The van der Waals surface area contributed by atoms with Gasteiger partial charge in [-0.25, -0.2) is 4.39 Å². The molecular weight excluding hydrogens is 221 g/mol. The van der Waals surface area contributed by atoms with Gasteiger partial charge in [-0.15, -0.1) is 0 Å². The maximum absolute atomic E-state index is 12.8. The quantitative estimate of drug-likeness (QED) is 0.822. The van der Waals surface area contributed by atoms with Crippen LogP contribution in [0.5, 0.6) is 0 Å². The molecule has 1 N–H and O–H groups in total. The van der Waals surface area contributed by atoms with Crippen molar-refractivity contribution < 1.29 is 4.39 Å². The molecule has 0 unspecified atom stereocenters. The molecular formula is C9H9BrFN. The van der Waals surface area contributed by atoms with Crippen molar-refractivity contribution in [3.8, 4) is 0 Å². The lowest BCUT2D eigenvalue weighted by Crippen LogP contribution is -1.93. The van der Waals surface area contributed by atoms with E-state index in [-0.39, 0.29) is 5.82 Å². The number of benzene rings is 1. The number of halogens is 2. The van der Waals surface area contributed by atoms with Crippen molar-refractivity contribution in [1.82, 2.24) is 0 Å². The fraction of sp³-hybridized carbons (Fsp3) is 0.111. The van der Waals surface area contributed by atoms with Crippen LogP contribution in [0.1, 0.15) is 5.56 Å². The average molecular weight is 230 g/mol. The van der Waals surface area contributed by atoms with Crippen LogP contribution in [0.3, 0.4) is 0 Å². The minimum atomic E-state index is -0.267. The molecule has 12 heavy (non-hydrogen) atoms. The van der Waals surface area contributed by atoms with Gasteiger partial charge in [-0.1, -0.05) is 12.7 Å². The topological polar surface area (TPSA) is 12.0 Å². The van der Waals surface area contributed by atoms with Crippen molar-refractivity contribution in [2.45, 2.75) is 0 Å². The van der Waals surface area contributed by atoms with Gasteiger partial charge in [-0.3, -0.25) is 0 Å². The van der Waals surface area contributed by atoms with Crippen LogP contribution in [-0.4, -0.2) is 7.05 Å². The summed E-state index contributed by atoms with van der Waals surface area (Å²) in [7, 11) is 1.74. The van der Waals surface area contributed by atoms with Crippen LogP contribution in [0.4, 0.5) is 10.1 Å². The zero-order valence-electron chi connectivity index (χ0n) is 6.70. The Morgan fingerprint density at radius 2 is 2.25 bits per heavy atom. The first-order valence-corrected chi connectivity index (χ1v) is 4.27. The van der Waals surface area contributed by atoms with Gasteiger partial charge < -0.3 is 5.32 Å². The molecule has 1 nitrogen and oxygen atoms in total. The van der Waals surface area contributed by atoms with E-state index >= 15 is 0 Å². The average Bonchev–Trinajstić information content (AvgIpc) is 2.03. The molecule has 0 bridgehead atoms. The Morgan fingerprint density at radius 1 is 1.58 bits per heavy atom. The number of nitrogens with one attached hydrogen (secondary N) is 1. The largest absolute Gasteiger partial charge is 0.388 e. The third-order valence-electron chi connectivity index (χ3n) is 1.57. The molecule has 0 atom stereocenters. The summed E-state index contributed by atoms with van der Waals surface area (Å²) in [5.41, 5.74) is 1.61. The van der Waals surface area contributed by atoms with Crippen LogP contribution in [0.2, 0.25) is 0 Å². The first-order valence-electron chi connectivity index (χ1n) is 3.48. The van der Waals surface area contributed by atoms with Gasteiger partial charge in [0.25, 0.3) is 0 Å². The minimum absolute atomic E-state index is 0.267. The summed E-state index contributed by atoms with van der Waals surface area (Å²) >= 11 is 3.25. The fourth-order valence-corrected chi connectivity index (χ4v) is 1.59. The Balaban J connectivity index is 3.33. The minimum Gasteiger partial charge on any atom is -0.388 e. The van der Waals surface area contributed by atoms with E-state index in [2.05, 4.69) is 27.8 Å². The van der Waals surface area contributed by atoms with Gasteiger partial charge >= 0.3 is 0 Å². The van der Waals surface area contributed by atoms with Gasteiger partial charge in [0.2, 0.25) is 0 Å². The zero-order chi connectivity index (χ0) is 9.14. The van der Waals surface area contributed by atoms with Crippen LogP contribution in [0.15, 0.2) is 23.2 Å². The van der Waals surface area contributed by atoms with E-state index in [0.717, 1.165) is 11.3 Å². The molecule has 0 spiro atoms. The van der Waals surface area contributed by atoms with Crippen molar-refractivity contribution in [3.05, 3.63) is 34.6 Å². The predicted octanol–water partition coefficient (Wildman–Crippen LogP) is 3.27. The molecule has 0 amide bonds. The van der Waals surface area contributed by atoms with Crippen LogP contribution < -0.4 is 5.32 Å². The first-order chi connectivity index (χ1) is 5.69. The van der Waals surface area contributed by atoms with Crippen molar-refractivity contribution in [3.63, 3.8) is 0 Å². The monoisotopic (exact) mass is 229 g/mol. The third-order valence-corrected chi connectivity index (χ3v) is 2.22. The van der Waals surface area contributed by atoms with Crippen LogP contribution >= 0.6 is 15.9 Å². The molecule has 0 saturated carbocycles. The van der Waals surface area contributed by atoms with E-state index in [4.69, 9.17) is 0 Å². The molecule has 1 aromatic rings. The second-order valence-corrected chi connectivity index (χ2v) is 3.16. The number of hydrogen-bond acceptors (Lipinski definition) is 1. The Bertz CT molecular complexity index is 310. The summed E-state index contributed by atoms with van der Waals surface area (Å²) < 4.78 is 13.5. The molecule has 0 aromatic heterocycles. The fourth-order valence-electron chi connectivity index (χ4n) is 0.999. The van der Waals surface area contributed by atoms with Crippen LogP contribution in [0, 0.1) is 5.82 Å². The van der Waals surface area contributed by atoms with Gasteiger partial charge in [0.1, 0.15) is 5.82 Å². The van der Waals surface area contributed by atoms with Crippen LogP contribution in [-0.2, 0) is 0 Å². The molecule has 0 aliphatic rings. The van der Waals surface area contributed by atoms with E-state index < -0.39 is 0 Å². The molecule has 0 aliphatic carbocycles. The summed E-state index contributed by atoms with van der Waals surface area (Å²) in [6, 6.07) is 2.85. The highest BCUT2D eigenvalue weighted by Crippen LogP contribution is 2.26. The zero-order valence-corrected chi connectivity index (χ0v) is 8.28. The maximum atomic E-state index is 12.8. The molecule has 0 radical (unpaired) electrons. The maximum Gasteiger partial charge on any atom is 0.126 e. The Morgan fingerprint density at radius 3 is 2.75 bits per heavy atom. The van der Waals surface area contributed by atoms with Crippen molar-refractivity contribution in [2.75, 3.05) is 12.4 Å². The SMILES string of the molecule is C=Cc1c(Br)cc(F)cc1NC. The van der Waals surface area contributed by atoms with Crippen molar-refractivity contribution in [1.29, 1.82) is 0 Å². The summed E-state index contributed by atoms with van der Waals surface area (Å²) in [6.07, 6.45) is 1.68. The normalized spacial score (nSPS) is 9.58. The van der Waals surface area contributed by atoms with E-state index in [1.807, 2.05) is 0 Å². The number of hydrogen-bond donors (Lipinski definition) is 1. The van der Waals surface area contributed by atoms with Gasteiger partial charge in [0, 0.05) is 22.8 Å². The highest BCUT2D eigenvalue weighted by atomic mass is 79.9. The van der Waals surface area contributed by atoms with Gasteiger partial charge in [-0.05, 0) is 28.1 Å². The van der Waals surface area contributed by atoms with Crippen LogP contribution in [0.25, 0.3) is 6.08 Å². The Hall–Kier alpha value is -0.830. The lowest BCUT2D eigenvalue weighted by atomic mass is 10.2. The highest BCUT2D eigenvalue weighted by molar-refractivity contribution is 9.10. The summed E-state index contributed by atoms with van der Waals surface area (Å²) in [5.74, 6) is -0.267. The van der Waals surface area contributed by atoms with E-state index in [1.165, 1.54) is 12.1 Å². The molecule has 3 heteroatoms. The van der Waals surface area contributed by atoms with E-state index in [1.54, 1.807) is 13.1 Å². The smallest absolute Gasteiger partial charge is 0.126 e. The van der Waals surface area contributed by atoms with Gasteiger partial charge in [0.05, 0.1) is 0 Å². The number of rotatable bonds is 2. The number of anilines is 1. The van der Waals surface area contributed by atoms with Crippen molar-refractivity contribution >= 4 is 27.7 Å². The summed E-state index contributed by atoms with van der Waals surface area (Å²) in [5, 5.41) is 2.89. The second-order valence-electron chi connectivity index (χ2n) is 2.30. The third kappa shape index (κ3) is 1.67. The molecule has 64 valence electrons. The summed E-state index contributed by atoms with van der Waals surface area (Å²) in [6.45, 7) is 3.64. The molecule has 1 aromatic carbocycles. The predicted molar refractivity (Wildman–Crippen MR) is 53.7 cm³/mol. The lowest BCUT2D eigenvalue weighted by Gasteiger charge is -2.07. The molecule has 0 saturated heterocycles.